The van der Waals surface area contributed by atoms with Crippen molar-refractivity contribution in [1.29, 1.82) is 0 Å². The summed E-state index contributed by atoms with van der Waals surface area (Å²) >= 11 is 0. The molecule has 0 saturated carbocycles. The van der Waals surface area contributed by atoms with Gasteiger partial charge in [-0.05, 0) is 36.9 Å². The lowest BCUT2D eigenvalue weighted by molar-refractivity contribution is 0.284. The van der Waals surface area contributed by atoms with Crippen LogP contribution in [0.5, 0.6) is 0 Å². The highest BCUT2D eigenvalue weighted by Gasteiger charge is 2.13. The molecule has 0 amide bonds. The molecule has 1 aromatic heterocycles. The molecule has 0 bridgehead atoms. The van der Waals surface area contributed by atoms with E-state index in [2.05, 4.69) is 10.3 Å². The molecular weight excluding hydrogens is 247 g/mol. The quantitative estimate of drug-likeness (QED) is 0.720. The van der Waals surface area contributed by atoms with E-state index in [1.54, 1.807) is 18.3 Å². The predicted molar refractivity (Wildman–Crippen MR) is 72.6 cm³/mol. The molecule has 102 valence electrons. The standard InChI is InChI=1S/C14H17FN2O2/c1-9(16-6-3-7-18)11-8-17-14(19)13-10(11)4-2-5-12(13)15/h2,4-5,8-9,16,18H,3,6-7H2,1H3,(H,17,19). The van der Waals surface area contributed by atoms with Crippen molar-refractivity contribution < 1.29 is 9.50 Å². The van der Waals surface area contributed by atoms with Crippen LogP contribution in [0.1, 0.15) is 24.9 Å². The summed E-state index contributed by atoms with van der Waals surface area (Å²) < 4.78 is 13.7. The van der Waals surface area contributed by atoms with Crippen LogP contribution < -0.4 is 10.9 Å². The van der Waals surface area contributed by atoms with E-state index < -0.39 is 11.4 Å². The second-order valence-corrected chi connectivity index (χ2v) is 4.49. The van der Waals surface area contributed by atoms with Crippen molar-refractivity contribution in [3.05, 3.63) is 46.1 Å². The molecular formula is C14H17FN2O2. The first-order chi connectivity index (χ1) is 9.15. The van der Waals surface area contributed by atoms with Crippen molar-refractivity contribution in [2.24, 2.45) is 0 Å². The number of fused-ring (bicyclic) bond motifs is 1. The summed E-state index contributed by atoms with van der Waals surface area (Å²) in [7, 11) is 0. The molecule has 1 unspecified atom stereocenters. The van der Waals surface area contributed by atoms with Gasteiger partial charge in [-0.2, -0.15) is 0 Å². The van der Waals surface area contributed by atoms with Crippen LogP contribution in [0, 0.1) is 5.82 Å². The Hall–Kier alpha value is -1.72. The highest BCUT2D eigenvalue weighted by atomic mass is 19.1. The van der Waals surface area contributed by atoms with Gasteiger partial charge < -0.3 is 15.4 Å². The topological polar surface area (TPSA) is 65.1 Å². The van der Waals surface area contributed by atoms with Gasteiger partial charge in [-0.15, -0.1) is 0 Å². The Morgan fingerprint density at radius 2 is 2.26 bits per heavy atom. The molecule has 3 N–H and O–H groups in total. The number of hydrogen-bond donors (Lipinski definition) is 3. The molecule has 1 heterocycles. The van der Waals surface area contributed by atoms with Crippen LogP contribution in [-0.2, 0) is 0 Å². The van der Waals surface area contributed by atoms with E-state index in [0.717, 1.165) is 5.56 Å². The van der Waals surface area contributed by atoms with E-state index in [1.165, 1.54) is 6.07 Å². The molecule has 19 heavy (non-hydrogen) atoms. The van der Waals surface area contributed by atoms with Crippen molar-refractivity contribution in [2.45, 2.75) is 19.4 Å². The van der Waals surface area contributed by atoms with Gasteiger partial charge >= 0.3 is 0 Å². The first-order valence-electron chi connectivity index (χ1n) is 6.29. The maximum Gasteiger partial charge on any atom is 0.258 e. The maximum atomic E-state index is 13.7. The van der Waals surface area contributed by atoms with Crippen LogP contribution in [-0.4, -0.2) is 23.2 Å². The zero-order valence-electron chi connectivity index (χ0n) is 10.7. The number of aromatic amines is 1. The van der Waals surface area contributed by atoms with Gasteiger partial charge in [0.05, 0.1) is 5.39 Å². The zero-order chi connectivity index (χ0) is 13.8. The van der Waals surface area contributed by atoms with Crippen molar-refractivity contribution in [3.8, 4) is 0 Å². The lowest BCUT2D eigenvalue weighted by Crippen LogP contribution is -2.22. The number of aliphatic hydroxyl groups excluding tert-OH is 1. The van der Waals surface area contributed by atoms with Gasteiger partial charge in [-0.3, -0.25) is 4.79 Å². The average molecular weight is 264 g/mol. The third kappa shape index (κ3) is 2.83. The Balaban J connectivity index is 2.42. The molecule has 0 spiro atoms. The highest BCUT2D eigenvalue weighted by Crippen LogP contribution is 2.22. The molecule has 0 saturated heterocycles. The Kier molecular flexibility index (Phi) is 4.29. The third-order valence-corrected chi connectivity index (χ3v) is 3.16. The molecule has 4 nitrogen and oxygen atoms in total. The van der Waals surface area contributed by atoms with E-state index in [0.29, 0.717) is 18.4 Å². The average Bonchev–Trinajstić information content (AvgIpc) is 2.39. The minimum atomic E-state index is -0.511. The van der Waals surface area contributed by atoms with Crippen LogP contribution in [0.25, 0.3) is 10.8 Å². The molecule has 2 aromatic rings. The molecule has 0 aliphatic rings. The first-order valence-corrected chi connectivity index (χ1v) is 6.29. The molecule has 0 aliphatic carbocycles. The van der Waals surface area contributed by atoms with E-state index >= 15 is 0 Å². The van der Waals surface area contributed by atoms with Crippen molar-refractivity contribution in [2.75, 3.05) is 13.2 Å². The Labute approximate surface area is 110 Å². The summed E-state index contributed by atoms with van der Waals surface area (Å²) in [6.07, 6.45) is 2.26. The second-order valence-electron chi connectivity index (χ2n) is 4.49. The summed E-state index contributed by atoms with van der Waals surface area (Å²) in [4.78, 5) is 14.3. The van der Waals surface area contributed by atoms with Crippen LogP contribution in [0.2, 0.25) is 0 Å². The number of pyridine rings is 1. The van der Waals surface area contributed by atoms with Crippen LogP contribution in [0.15, 0.2) is 29.2 Å². The second kappa shape index (κ2) is 5.95. The van der Waals surface area contributed by atoms with Gasteiger partial charge in [0.2, 0.25) is 0 Å². The fraction of sp³-hybridized carbons (Fsp3) is 0.357. The Morgan fingerprint density at radius 1 is 1.47 bits per heavy atom. The molecule has 2 rings (SSSR count). The van der Waals surface area contributed by atoms with Crippen molar-refractivity contribution in [3.63, 3.8) is 0 Å². The summed E-state index contributed by atoms with van der Waals surface area (Å²) in [5.41, 5.74) is 0.423. The van der Waals surface area contributed by atoms with Crippen molar-refractivity contribution in [1.82, 2.24) is 10.3 Å². The van der Waals surface area contributed by atoms with Crippen LogP contribution in [0.4, 0.5) is 4.39 Å². The number of nitrogens with one attached hydrogen (secondary N) is 2. The first kappa shape index (κ1) is 13.7. The van der Waals surface area contributed by atoms with Gasteiger partial charge in [-0.1, -0.05) is 12.1 Å². The Bertz CT molecular complexity index is 624. The molecule has 1 atom stereocenters. The van der Waals surface area contributed by atoms with Gasteiger partial charge in [-0.25, -0.2) is 4.39 Å². The summed E-state index contributed by atoms with van der Waals surface area (Å²) in [5, 5.41) is 12.7. The molecule has 5 heteroatoms. The van der Waals surface area contributed by atoms with E-state index in [-0.39, 0.29) is 18.0 Å². The number of rotatable bonds is 5. The molecule has 1 aromatic carbocycles. The minimum absolute atomic E-state index is 0.0345. The number of aromatic nitrogens is 1. The van der Waals surface area contributed by atoms with Crippen LogP contribution >= 0.6 is 0 Å². The number of benzene rings is 1. The van der Waals surface area contributed by atoms with Crippen LogP contribution in [0.3, 0.4) is 0 Å². The normalized spacial score (nSPS) is 12.8. The smallest absolute Gasteiger partial charge is 0.258 e. The van der Waals surface area contributed by atoms with Gasteiger partial charge in [0.1, 0.15) is 5.82 Å². The number of aliphatic hydroxyl groups is 1. The zero-order valence-corrected chi connectivity index (χ0v) is 10.7. The largest absolute Gasteiger partial charge is 0.396 e. The highest BCUT2D eigenvalue weighted by molar-refractivity contribution is 5.85. The monoisotopic (exact) mass is 264 g/mol. The lowest BCUT2D eigenvalue weighted by atomic mass is 10.0. The van der Waals surface area contributed by atoms with Gasteiger partial charge in [0, 0.05) is 18.8 Å². The summed E-state index contributed by atoms with van der Waals surface area (Å²) in [5.74, 6) is -0.511. The Morgan fingerprint density at radius 3 is 3.00 bits per heavy atom. The van der Waals surface area contributed by atoms with E-state index in [4.69, 9.17) is 5.11 Å². The van der Waals surface area contributed by atoms with E-state index in [1.807, 2.05) is 6.92 Å². The fourth-order valence-corrected chi connectivity index (χ4v) is 2.15. The maximum absolute atomic E-state index is 13.7. The van der Waals surface area contributed by atoms with E-state index in [9.17, 15) is 9.18 Å². The molecule has 0 fully saturated rings. The number of halogens is 1. The minimum Gasteiger partial charge on any atom is -0.396 e. The summed E-state index contributed by atoms with van der Waals surface area (Å²) in [6.45, 7) is 2.73. The van der Waals surface area contributed by atoms with Crippen molar-refractivity contribution >= 4 is 10.8 Å². The summed E-state index contributed by atoms with van der Waals surface area (Å²) in [6, 6.07) is 4.59. The third-order valence-electron chi connectivity index (χ3n) is 3.16. The molecule has 0 aliphatic heterocycles. The number of H-pyrrole nitrogens is 1. The predicted octanol–water partition coefficient (Wildman–Crippen LogP) is 1.70. The SMILES string of the molecule is CC(NCCCO)c1c[nH]c(=O)c2c(F)cccc12. The molecule has 0 radical (unpaired) electrons. The van der Waals surface area contributed by atoms with Gasteiger partial charge in [0.15, 0.2) is 0 Å². The fourth-order valence-electron chi connectivity index (χ4n) is 2.15. The van der Waals surface area contributed by atoms with Gasteiger partial charge in [0.25, 0.3) is 5.56 Å². The number of hydrogen-bond acceptors (Lipinski definition) is 3. The lowest BCUT2D eigenvalue weighted by Gasteiger charge is -2.16.